The van der Waals surface area contributed by atoms with Crippen LogP contribution in [0.4, 0.5) is 0 Å². The number of pyridine rings is 1. The number of imidazole rings is 1. The van der Waals surface area contributed by atoms with Crippen LogP contribution in [0.15, 0.2) is 47.7 Å². The standard InChI is InChI=1S/C17H16N4O3/c1-11-16(21-8-4-3-5-15(21)19-11)17(23)20-18-10-12-6-7-13(22)14(9-12)24-2/h3-10,22H,1-2H3,(H,20,23)/b18-10+. The number of nitrogens with one attached hydrogen (secondary N) is 1. The molecule has 0 fully saturated rings. The molecule has 0 saturated heterocycles. The third-order valence-corrected chi connectivity index (χ3v) is 3.50. The van der Waals surface area contributed by atoms with Gasteiger partial charge < -0.3 is 9.84 Å². The van der Waals surface area contributed by atoms with E-state index in [9.17, 15) is 9.90 Å². The first-order chi connectivity index (χ1) is 11.6. The summed E-state index contributed by atoms with van der Waals surface area (Å²) in [5.74, 6) is 0.0242. The Bertz CT molecular complexity index is 931. The molecule has 0 aliphatic carbocycles. The van der Waals surface area contributed by atoms with E-state index in [-0.39, 0.29) is 11.7 Å². The average Bonchev–Trinajstić information content (AvgIpc) is 2.92. The molecule has 0 spiro atoms. The zero-order chi connectivity index (χ0) is 17.1. The highest BCUT2D eigenvalue weighted by Crippen LogP contribution is 2.25. The minimum atomic E-state index is -0.354. The summed E-state index contributed by atoms with van der Waals surface area (Å²) in [5, 5.41) is 13.5. The van der Waals surface area contributed by atoms with Crippen molar-refractivity contribution in [1.82, 2.24) is 14.8 Å². The largest absolute Gasteiger partial charge is 0.504 e. The molecule has 7 nitrogen and oxygen atoms in total. The topological polar surface area (TPSA) is 88.2 Å². The van der Waals surface area contributed by atoms with E-state index in [1.54, 1.807) is 29.7 Å². The maximum absolute atomic E-state index is 12.4. The summed E-state index contributed by atoms with van der Waals surface area (Å²) < 4.78 is 6.74. The van der Waals surface area contributed by atoms with Gasteiger partial charge in [0.15, 0.2) is 11.5 Å². The van der Waals surface area contributed by atoms with Crippen LogP contribution in [0.3, 0.4) is 0 Å². The Hall–Kier alpha value is -3.35. The number of ether oxygens (including phenoxy) is 1. The van der Waals surface area contributed by atoms with Crippen LogP contribution in [-0.4, -0.2) is 33.7 Å². The Morgan fingerprint density at radius 3 is 3.00 bits per heavy atom. The molecule has 0 aliphatic heterocycles. The molecular formula is C17H16N4O3. The summed E-state index contributed by atoms with van der Waals surface area (Å²) >= 11 is 0. The van der Waals surface area contributed by atoms with Crippen molar-refractivity contribution in [2.75, 3.05) is 7.11 Å². The predicted molar refractivity (Wildman–Crippen MR) is 89.6 cm³/mol. The number of carbonyl (C=O) groups is 1. The van der Waals surface area contributed by atoms with Crippen LogP contribution in [0, 0.1) is 6.92 Å². The fourth-order valence-corrected chi connectivity index (χ4v) is 2.38. The summed E-state index contributed by atoms with van der Waals surface area (Å²) in [6, 6.07) is 10.3. The normalized spacial score (nSPS) is 11.1. The highest BCUT2D eigenvalue weighted by Gasteiger charge is 2.15. The van der Waals surface area contributed by atoms with Gasteiger partial charge in [0.25, 0.3) is 5.91 Å². The van der Waals surface area contributed by atoms with Crippen molar-refractivity contribution in [1.29, 1.82) is 0 Å². The number of fused-ring (bicyclic) bond motifs is 1. The van der Waals surface area contributed by atoms with Crippen molar-refractivity contribution in [3.8, 4) is 11.5 Å². The molecule has 0 radical (unpaired) electrons. The Morgan fingerprint density at radius 2 is 2.21 bits per heavy atom. The van der Waals surface area contributed by atoms with Gasteiger partial charge in [-0.15, -0.1) is 0 Å². The van der Waals surface area contributed by atoms with Crippen LogP contribution >= 0.6 is 0 Å². The molecule has 0 unspecified atom stereocenters. The van der Waals surface area contributed by atoms with Gasteiger partial charge >= 0.3 is 0 Å². The van der Waals surface area contributed by atoms with Crippen molar-refractivity contribution in [2.45, 2.75) is 6.92 Å². The van der Waals surface area contributed by atoms with Gasteiger partial charge in [-0.2, -0.15) is 5.10 Å². The third-order valence-electron chi connectivity index (χ3n) is 3.50. The van der Waals surface area contributed by atoms with Gasteiger partial charge in [-0.05, 0) is 42.8 Å². The number of methoxy groups -OCH3 is 1. The zero-order valence-corrected chi connectivity index (χ0v) is 13.2. The van der Waals surface area contributed by atoms with Crippen LogP contribution in [0.1, 0.15) is 21.7 Å². The summed E-state index contributed by atoms with van der Waals surface area (Å²) in [6.07, 6.45) is 3.25. The number of hydrogen-bond donors (Lipinski definition) is 2. The Kier molecular flexibility index (Phi) is 4.15. The number of rotatable bonds is 4. The summed E-state index contributed by atoms with van der Waals surface area (Å²) in [7, 11) is 1.46. The lowest BCUT2D eigenvalue weighted by atomic mass is 10.2. The highest BCUT2D eigenvalue weighted by atomic mass is 16.5. The van der Waals surface area contributed by atoms with Gasteiger partial charge in [0.05, 0.1) is 19.0 Å². The number of hydrogen-bond acceptors (Lipinski definition) is 5. The summed E-state index contributed by atoms with van der Waals surface area (Å²) in [6.45, 7) is 1.77. The van der Waals surface area contributed by atoms with Crippen LogP contribution in [-0.2, 0) is 0 Å². The van der Waals surface area contributed by atoms with Gasteiger partial charge in [0.1, 0.15) is 11.3 Å². The second-order valence-corrected chi connectivity index (χ2v) is 5.11. The number of phenolic OH excluding ortho intramolecular Hbond substituents is 1. The third kappa shape index (κ3) is 2.91. The van der Waals surface area contributed by atoms with Crippen LogP contribution in [0.5, 0.6) is 11.5 Å². The number of carbonyl (C=O) groups excluding carboxylic acids is 1. The van der Waals surface area contributed by atoms with Crippen LogP contribution < -0.4 is 10.2 Å². The van der Waals surface area contributed by atoms with Gasteiger partial charge in [-0.1, -0.05) is 6.07 Å². The molecular weight excluding hydrogens is 308 g/mol. The smallest absolute Gasteiger partial charge is 0.290 e. The quantitative estimate of drug-likeness (QED) is 0.568. The second kappa shape index (κ2) is 6.41. The molecule has 7 heteroatoms. The minimum Gasteiger partial charge on any atom is -0.504 e. The number of aromatic hydroxyl groups is 1. The van der Waals surface area contributed by atoms with Gasteiger partial charge in [-0.25, -0.2) is 10.4 Å². The fourth-order valence-electron chi connectivity index (χ4n) is 2.38. The molecule has 0 aliphatic rings. The minimum absolute atomic E-state index is 0.0417. The number of amides is 1. The fraction of sp³-hybridized carbons (Fsp3) is 0.118. The monoisotopic (exact) mass is 324 g/mol. The van der Waals surface area contributed by atoms with E-state index in [4.69, 9.17) is 4.74 Å². The molecule has 0 saturated carbocycles. The van der Waals surface area contributed by atoms with Crippen molar-refractivity contribution in [3.05, 3.63) is 59.5 Å². The lowest BCUT2D eigenvalue weighted by Gasteiger charge is -2.04. The van der Waals surface area contributed by atoms with E-state index >= 15 is 0 Å². The molecule has 2 N–H and O–H groups in total. The van der Waals surface area contributed by atoms with Gasteiger partial charge in [-0.3, -0.25) is 9.20 Å². The van der Waals surface area contributed by atoms with E-state index in [0.717, 1.165) is 0 Å². The van der Waals surface area contributed by atoms with E-state index in [0.29, 0.717) is 28.3 Å². The van der Waals surface area contributed by atoms with Gasteiger partial charge in [0, 0.05) is 6.20 Å². The van der Waals surface area contributed by atoms with Crippen LogP contribution in [0.25, 0.3) is 5.65 Å². The molecule has 3 rings (SSSR count). The molecule has 0 bridgehead atoms. The van der Waals surface area contributed by atoms with Crippen molar-refractivity contribution >= 4 is 17.8 Å². The number of nitrogens with zero attached hydrogens (tertiary/aromatic N) is 3. The number of hydrazone groups is 1. The lowest BCUT2D eigenvalue weighted by Crippen LogP contribution is -2.20. The first-order valence-corrected chi connectivity index (χ1v) is 7.24. The molecule has 24 heavy (non-hydrogen) atoms. The summed E-state index contributed by atoms with van der Waals surface area (Å²) in [4.78, 5) is 16.7. The lowest BCUT2D eigenvalue weighted by molar-refractivity contribution is 0.0948. The molecule has 1 aromatic carbocycles. The van der Waals surface area contributed by atoms with E-state index in [1.165, 1.54) is 19.4 Å². The van der Waals surface area contributed by atoms with E-state index in [1.807, 2.05) is 18.2 Å². The molecule has 3 aromatic rings. The maximum atomic E-state index is 12.4. The molecule has 1 amide bonds. The number of benzene rings is 1. The SMILES string of the molecule is COc1cc(/C=N/NC(=O)c2c(C)nc3ccccn23)ccc1O. The first-order valence-electron chi connectivity index (χ1n) is 7.24. The molecule has 122 valence electrons. The Labute approximate surface area is 138 Å². The number of phenols is 1. The molecule has 2 aromatic heterocycles. The zero-order valence-electron chi connectivity index (χ0n) is 13.2. The summed E-state index contributed by atoms with van der Waals surface area (Å²) in [5.41, 5.74) is 4.93. The average molecular weight is 324 g/mol. The van der Waals surface area contributed by atoms with E-state index in [2.05, 4.69) is 15.5 Å². The second-order valence-electron chi connectivity index (χ2n) is 5.11. The Morgan fingerprint density at radius 1 is 1.38 bits per heavy atom. The van der Waals surface area contributed by atoms with Gasteiger partial charge in [0.2, 0.25) is 0 Å². The van der Waals surface area contributed by atoms with Crippen molar-refractivity contribution in [3.63, 3.8) is 0 Å². The molecule has 2 heterocycles. The highest BCUT2D eigenvalue weighted by molar-refractivity contribution is 5.95. The Balaban J connectivity index is 1.79. The maximum Gasteiger partial charge on any atom is 0.290 e. The number of aromatic nitrogens is 2. The van der Waals surface area contributed by atoms with Crippen LogP contribution in [0.2, 0.25) is 0 Å². The number of aryl methyl sites for hydroxylation is 1. The van der Waals surface area contributed by atoms with Crippen molar-refractivity contribution < 1.29 is 14.6 Å². The first kappa shape index (κ1) is 15.5. The molecule has 0 atom stereocenters. The predicted octanol–water partition coefficient (Wildman–Crippen LogP) is 2.12. The van der Waals surface area contributed by atoms with Crippen molar-refractivity contribution in [2.24, 2.45) is 5.10 Å². The van der Waals surface area contributed by atoms with E-state index < -0.39 is 0 Å².